The van der Waals surface area contributed by atoms with E-state index in [9.17, 15) is 18.0 Å². The number of sulfonamides is 1. The number of amides is 1. The molecule has 0 saturated heterocycles. The molecule has 8 nitrogen and oxygen atoms in total. The lowest BCUT2D eigenvalue weighted by atomic mass is 10.2. The van der Waals surface area contributed by atoms with Gasteiger partial charge in [0.2, 0.25) is 10.0 Å². The molecule has 0 unspecified atom stereocenters. The number of H-pyrrole nitrogens is 1. The van der Waals surface area contributed by atoms with Crippen molar-refractivity contribution in [1.82, 2.24) is 9.29 Å². The van der Waals surface area contributed by atoms with Crippen molar-refractivity contribution in [3.05, 3.63) is 60.3 Å². The van der Waals surface area contributed by atoms with E-state index in [1.807, 2.05) is 12.1 Å². The van der Waals surface area contributed by atoms with Gasteiger partial charge < -0.3 is 15.0 Å². The molecule has 0 aliphatic carbocycles. The smallest absolute Gasteiger partial charge is 0.340 e. The largest absolute Gasteiger partial charge is 0.452 e. The highest BCUT2D eigenvalue weighted by Gasteiger charge is 2.18. The van der Waals surface area contributed by atoms with Gasteiger partial charge in [0.1, 0.15) is 0 Å². The molecule has 1 heterocycles. The summed E-state index contributed by atoms with van der Waals surface area (Å²) in [4.78, 5) is 27.3. The minimum absolute atomic E-state index is 0.0473. The van der Waals surface area contributed by atoms with Crippen molar-refractivity contribution in [3.63, 3.8) is 0 Å². The third kappa shape index (κ3) is 4.05. The third-order valence-corrected chi connectivity index (χ3v) is 5.85. The van der Waals surface area contributed by atoms with E-state index in [-0.39, 0.29) is 10.6 Å². The maximum absolute atomic E-state index is 12.2. The fourth-order valence-electron chi connectivity index (χ4n) is 2.59. The Kier molecular flexibility index (Phi) is 5.48. The number of hydrogen-bond donors (Lipinski definition) is 2. The van der Waals surface area contributed by atoms with E-state index >= 15 is 0 Å². The Hall–Kier alpha value is -3.17. The third-order valence-electron chi connectivity index (χ3n) is 4.04. The molecular formula is C19H19N3O5S. The molecule has 146 valence electrons. The zero-order valence-corrected chi connectivity index (χ0v) is 16.1. The number of carbonyl (C=O) groups excluding carboxylic acids is 2. The van der Waals surface area contributed by atoms with Crippen LogP contribution in [0.2, 0.25) is 0 Å². The first-order valence-corrected chi connectivity index (χ1v) is 9.79. The van der Waals surface area contributed by atoms with Crippen LogP contribution in [0, 0.1) is 0 Å². The number of esters is 1. The van der Waals surface area contributed by atoms with Crippen LogP contribution < -0.4 is 5.32 Å². The number of anilines is 1. The number of nitrogens with zero attached hydrogens (tertiary/aromatic N) is 1. The number of ether oxygens (including phenoxy) is 1. The second-order valence-corrected chi connectivity index (χ2v) is 8.34. The van der Waals surface area contributed by atoms with Crippen LogP contribution in [0.1, 0.15) is 10.4 Å². The summed E-state index contributed by atoms with van der Waals surface area (Å²) < 4.78 is 30.5. The van der Waals surface area contributed by atoms with Crippen LogP contribution in [0.4, 0.5) is 5.69 Å². The summed E-state index contributed by atoms with van der Waals surface area (Å²) in [6.45, 7) is -0.497. The quantitative estimate of drug-likeness (QED) is 0.616. The predicted molar refractivity (Wildman–Crippen MR) is 105 cm³/mol. The van der Waals surface area contributed by atoms with Gasteiger partial charge in [-0.3, -0.25) is 4.79 Å². The highest BCUT2D eigenvalue weighted by molar-refractivity contribution is 7.89. The number of rotatable bonds is 6. The van der Waals surface area contributed by atoms with Crippen molar-refractivity contribution in [2.24, 2.45) is 0 Å². The molecule has 2 aromatic carbocycles. The fourth-order valence-corrected chi connectivity index (χ4v) is 3.54. The summed E-state index contributed by atoms with van der Waals surface area (Å²) >= 11 is 0. The van der Waals surface area contributed by atoms with Crippen molar-refractivity contribution in [3.8, 4) is 0 Å². The molecule has 0 spiro atoms. The van der Waals surface area contributed by atoms with Gasteiger partial charge in [-0.05, 0) is 24.3 Å². The second-order valence-electron chi connectivity index (χ2n) is 6.19. The zero-order chi connectivity index (χ0) is 20.3. The van der Waals surface area contributed by atoms with Gasteiger partial charge in [0.15, 0.2) is 6.61 Å². The van der Waals surface area contributed by atoms with Crippen LogP contribution in [0.25, 0.3) is 10.9 Å². The summed E-state index contributed by atoms with van der Waals surface area (Å²) in [6.07, 6.45) is 1.53. The molecule has 3 rings (SSSR count). The number of para-hydroxylation sites is 1. The number of hydrogen-bond acceptors (Lipinski definition) is 5. The van der Waals surface area contributed by atoms with Crippen molar-refractivity contribution in [2.45, 2.75) is 4.90 Å². The SMILES string of the molecule is CN(C)S(=O)(=O)c1cccc(NC(=O)COC(=O)c2c[nH]c3ccccc23)c1. The van der Waals surface area contributed by atoms with Crippen LogP contribution in [0.15, 0.2) is 59.6 Å². The summed E-state index contributed by atoms with van der Waals surface area (Å²) in [5.41, 5.74) is 1.41. The Morgan fingerprint density at radius 3 is 2.61 bits per heavy atom. The second kappa shape index (κ2) is 7.83. The van der Waals surface area contributed by atoms with E-state index in [1.165, 1.54) is 38.5 Å². The van der Waals surface area contributed by atoms with Gasteiger partial charge in [-0.1, -0.05) is 24.3 Å². The first kappa shape index (κ1) is 19.6. The van der Waals surface area contributed by atoms with Crippen LogP contribution in [0.5, 0.6) is 0 Å². The van der Waals surface area contributed by atoms with Gasteiger partial charge in [-0.2, -0.15) is 0 Å². The predicted octanol–water partition coefficient (Wildman–Crippen LogP) is 2.21. The van der Waals surface area contributed by atoms with Gasteiger partial charge in [0, 0.05) is 36.9 Å². The van der Waals surface area contributed by atoms with Crippen LogP contribution in [-0.2, 0) is 19.6 Å². The van der Waals surface area contributed by atoms with E-state index in [2.05, 4.69) is 10.3 Å². The molecule has 0 atom stereocenters. The Bertz CT molecular complexity index is 1140. The molecule has 0 radical (unpaired) electrons. The Balaban J connectivity index is 1.64. The topological polar surface area (TPSA) is 109 Å². The highest BCUT2D eigenvalue weighted by Crippen LogP contribution is 2.19. The first-order valence-electron chi connectivity index (χ1n) is 8.35. The minimum Gasteiger partial charge on any atom is -0.452 e. The van der Waals surface area contributed by atoms with Gasteiger partial charge >= 0.3 is 5.97 Å². The van der Waals surface area contributed by atoms with Gasteiger partial charge in [-0.25, -0.2) is 17.5 Å². The van der Waals surface area contributed by atoms with Gasteiger partial charge in [0.25, 0.3) is 5.91 Å². The molecule has 1 aromatic heterocycles. The molecule has 3 aromatic rings. The molecule has 9 heteroatoms. The van der Waals surface area contributed by atoms with E-state index in [4.69, 9.17) is 4.74 Å². The van der Waals surface area contributed by atoms with Crippen molar-refractivity contribution in [1.29, 1.82) is 0 Å². The van der Waals surface area contributed by atoms with Crippen LogP contribution in [0.3, 0.4) is 0 Å². The van der Waals surface area contributed by atoms with E-state index in [0.29, 0.717) is 10.9 Å². The lowest BCUT2D eigenvalue weighted by molar-refractivity contribution is -0.119. The summed E-state index contributed by atoms with van der Waals surface area (Å²) in [7, 11) is -0.775. The number of aromatic nitrogens is 1. The molecule has 2 N–H and O–H groups in total. The summed E-state index contributed by atoms with van der Waals surface area (Å²) in [5.74, 6) is -1.20. The number of carbonyl (C=O) groups is 2. The molecule has 0 saturated carbocycles. The number of fused-ring (bicyclic) bond motifs is 1. The summed E-state index contributed by atoms with van der Waals surface area (Å²) in [6, 6.07) is 13.1. The summed E-state index contributed by atoms with van der Waals surface area (Å²) in [5, 5.41) is 3.23. The van der Waals surface area contributed by atoms with Crippen molar-refractivity contribution >= 4 is 38.5 Å². The molecule has 0 aliphatic heterocycles. The lowest BCUT2D eigenvalue weighted by Crippen LogP contribution is -2.23. The van der Waals surface area contributed by atoms with Crippen LogP contribution >= 0.6 is 0 Å². The standard InChI is InChI=1S/C19H19N3O5S/c1-22(2)28(25,26)14-7-5-6-13(10-14)21-18(23)12-27-19(24)16-11-20-17-9-4-3-8-15(16)17/h3-11,20H,12H2,1-2H3,(H,21,23). The zero-order valence-electron chi connectivity index (χ0n) is 15.3. The van der Waals surface area contributed by atoms with Gasteiger partial charge in [0.05, 0.1) is 10.5 Å². The molecule has 1 amide bonds. The van der Waals surface area contributed by atoms with E-state index in [1.54, 1.807) is 18.2 Å². The first-order chi connectivity index (χ1) is 13.3. The Labute approximate surface area is 162 Å². The molecule has 0 bridgehead atoms. The maximum Gasteiger partial charge on any atom is 0.340 e. The Morgan fingerprint density at radius 2 is 1.86 bits per heavy atom. The molecular weight excluding hydrogens is 382 g/mol. The normalized spacial score (nSPS) is 11.5. The fraction of sp³-hybridized carbons (Fsp3) is 0.158. The number of nitrogens with one attached hydrogen (secondary N) is 2. The average Bonchev–Trinajstić information content (AvgIpc) is 3.10. The maximum atomic E-state index is 12.2. The Morgan fingerprint density at radius 1 is 1.11 bits per heavy atom. The average molecular weight is 401 g/mol. The van der Waals surface area contributed by atoms with Crippen LogP contribution in [-0.4, -0.2) is 50.3 Å². The number of aromatic amines is 1. The van der Waals surface area contributed by atoms with Gasteiger partial charge in [-0.15, -0.1) is 0 Å². The minimum atomic E-state index is -3.62. The lowest BCUT2D eigenvalue weighted by Gasteiger charge is -2.12. The highest BCUT2D eigenvalue weighted by atomic mass is 32.2. The van der Waals surface area contributed by atoms with E-state index in [0.717, 1.165) is 9.82 Å². The monoisotopic (exact) mass is 401 g/mol. The van der Waals surface area contributed by atoms with Crippen molar-refractivity contribution < 1.29 is 22.7 Å². The number of benzene rings is 2. The molecule has 0 fully saturated rings. The van der Waals surface area contributed by atoms with Crippen molar-refractivity contribution in [2.75, 3.05) is 26.0 Å². The molecule has 0 aliphatic rings. The molecule has 28 heavy (non-hydrogen) atoms. The van der Waals surface area contributed by atoms with E-state index < -0.39 is 28.5 Å².